The van der Waals surface area contributed by atoms with Crippen LogP contribution in [0.4, 0.5) is 0 Å². The van der Waals surface area contributed by atoms with E-state index in [-0.39, 0.29) is 11.7 Å². The highest BCUT2D eigenvalue weighted by Gasteiger charge is 2.21. The van der Waals surface area contributed by atoms with Crippen LogP contribution in [0.2, 0.25) is 5.02 Å². The Hall–Kier alpha value is -0.900. The molecule has 2 atom stereocenters. The van der Waals surface area contributed by atoms with Crippen molar-refractivity contribution in [1.82, 2.24) is 10.6 Å². The highest BCUT2D eigenvalue weighted by molar-refractivity contribution is 6.30. The van der Waals surface area contributed by atoms with E-state index in [4.69, 9.17) is 11.6 Å². The summed E-state index contributed by atoms with van der Waals surface area (Å²) < 4.78 is 0. The first-order valence-corrected chi connectivity index (χ1v) is 7.30. The Kier molecular flexibility index (Phi) is 5.37. The molecular weight excluding hydrogens is 260 g/mol. The molecule has 1 aromatic rings. The van der Waals surface area contributed by atoms with Crippen LogP contribution in [-0.2, 0) is 4.79 Å². The first-order valence-electron chi connectivity index (χ1n) is 6.93. The fraction of sp³-hybridized carbons (Fsp3) is 0.533. The molecule has 2 N–H and O–H groups in total. The summed E-state index contributed by atoms with van der Waals surface area (Å²) in [5, 5.41) is 7.52. The van der Waals surface area contributed by atoms with Crippen LogP contribution in [-0.4, -0.2) is 31.5 Å². The molecule has 2 rings (SSSR count). The van der Waals surface area contributed by atoms with E-state index in [9.17, 15) is 4.79 Å². The molecule has 1 aliphatic rings. The van der Waals surface area contributed by atoms with E-state index < -0.39 is 0 Å². The van der Waals surface area contributed by atoms with Crippen LogP contribution in [0.15, 0.2) is 24.3 Å². The van der Waals surface area contributed by atoms with E-state index in [1.807, 2.05) is 31.2 Å². The van der Waals surface area contributed by atoms with E-state index in [0.717, 1.165) is 25.1 Å². The van der Waals surface area contributed by atoms with Gasteiger partial charge in [-0.2, -0.15) is 0 Å². The van der Waals surface area contributed by atoms with Gasteiger partial charge >= 0.3 is 0 Å². The van der Waals surface area contributed by atoms with Gasteiger partial charge < -0.3 is 10.6 Å². The summed E-state index contributed by atoms with van der Waals surface area (Å²) in [6.45, 7) is 4.68. The van der Waals surface area contributed by atoms with E-state index in [2.05, 4.69) is 10.6 Å². The fourth-order valence-electron chi connectivity index (χ4n) is 2.47. The second-order valence-electron chi connectivity index (χ2n) is 5.02. The smallest absolute Gasteiger partial charge is 0.141 e. The molecule has 19 heavy (non-hydrogen) atoms. The molecule has 0 aliphatic carbocycles. The van der Waals surface area contributed by atoms with Crippen molar-refractivity contribution in [2.75, 3.05) is 19.6 Å². The number of carbonyl (C=O) groups excluding carboxylic acids is 1. The van der Waals surface area contributed by atoms with Gasteiger partial charge in [0.1, 0.15) is 5.78 Å². The molecule has 0 spiro atoms. The van der Waals surface area contributed by atoms with Gasteiger partial charge in [-0.1, -0.05) is 30.7 Å². The predicted molar refractivity (Wildman–Crippen MR) is 78.8 cm³/mol. The summed E-state index contributed by atoms with van der Waals surface area (Å²) in [6, 6.07) is 8.09. The molecule has 104 valence electrons. The summed E-state index contributed by atoms with van der Waals surface area (Å²) in [5.74, 6) is 0.212. The van der Waals surface area contributed by atoms with Crippen molar-refractivity contribution in [2.45, 2.75) is 31.7 Å². The predicted octanol–water partition coefficient (Wildman–Crippen LogP) is 2.35. The lowest BCUT2D eigenvalue weighted by Crippen LogP contribution is -2.36. The molecule has 1 aromatic carbocycles. The number of ketones is 1. The Morgan fingerprint density at radius 2 is 2.21 bits per heavy atom. The molecule has 0 radical (unpaired) electrons. The summed E-state index contributed by atoms with van der Waals surface area (Å²) >= 11 is 5.90. The molecule has 0 bridgehead atoms. The van der Waals surface area contributed by atoms with E-state index in [0.29, 0.717) is 24.0 Å². The van der Waals surface area contributed by atoms with E-state index in [1.54, 1.807) is 0 Å². The van der Waals surface area contributed by atoms with Crippen LogP contribution in [0.1, 0.15) is 31.2 Å². The normalized spacial score (nSPS) is 20.4. The average Bonchev–Trinajstić information content (AvgIpc) is 2.93. The third-order valence-corrected chi connectivity index (χ3v) is 3.93. The zero-order valence-electron chi connectivity index (χ0n) is 11.3. The topological polar surface area (TPSA) is 41.1 Å². The van der Waals surface area contributed by atoms with Gasteiger partial charge in [0.15, 0.2) is 0 Å². The van der Waals surface area contributed by atoms with Gasteiger partial charge in [0, 0.05) is 30.6 Å². The second kappa shape index (κ2) is 7.04. The number of benzene rings is 1. The van der Waals surface area contributed by atoms with Gasteiger partial charge in [-0.3, -0.25) is 4.79 Å². The third kappa shape index (κ3) is 4.03. The first kappa shape index (κ1) is 14.5. The number of carbonyl (C=O) groups is 1. The first-order chi connectivity index (χ1) is 9.20. The largest absolute Gasteiger partial charge is 0.315 e. The molecule has 1 heterocycles. The monoisotopic (exact) mass is 280 g/mol. The Labute approximate surface area is 119 Å². The van der Waals surface area contributed by atoms with Gasteiger partial charge in [-0.05, 0) is 30.7 Å². The Morgan fingerprint density at radius 1 is 1.47 bits per heavy atom. The molecule has 0 saturated carbocycles. The van der Waals surface area contributed by atoms with Crippen LogP contribution in [0, 0.1) is 0 Å². The Balaban J connectivity index is 2.02. The van der Waals surface area contributed by atoms with Crippen LogP contribution in [0.25, 0.3) is 0 Å². The van der Waals surface area contributed by atoms with Crippen LogP contribution in [0.3, 0.4) is 0 Å². The number of Topliss-reactive ketones (excluding diaryl/α,β-unsaturated/α-hetero) is 1. The Bertz CT molecular complexity index is 413. The summed E-state index contributed by atoms with van der Waals surface area (Å²) in [5.41, 5.74) is 1.05. The lowest BCUT2D eigenvalue weighted by atomic mass is 9.93. The van der Waals surface area contributed by atoms with Gasteiger partial charge in [0.25, 0.3) is 0 Å². The zero-order valence-corrected chi connectivity index (χ0v) is 12.0. The second-order valence-corrected chi connectivity index (χ2v) is 5.46. The Morgan fingerprint density at radius 3 is 2.79 bits per heavy atom. The highest BCUT2D eigenvalue weighted by atomic mass is 35.5. The summed E-state index contributed by atoms with van der Waals surface area (Å²) in [6.07, 6.45) is 1.70. The SMILES string of the molecule is CCC(=O)[C@H](CN[C@@H]1CCNC1)c1ccc(Cl)cc1. The van der Waals surface area contributed by atoms with Crippen molar-refractivity contribution in [1.29, 1.82) is 0 Å². The molecule has 4 heteroatoms. The standard InChI is InChI=1S/C15H21ClN2O/c1-2-15(19)14(10-18-13-7-8-17-9-13)11-3-5-12(16)6-4-11/h3-6,13-14,17-18H,2,7-10H2,1H3/t13-,14-/m1/s1. The van der Waals surface area contributed by atoms with Gasteiger partial charge in [0.2, 0.25) is 0 Å². The highest BCUT2D eigenvalue weighted by Crippen LogP contribution is 2.20. The van der Waals surface area contributed by atoms with E-state index in [1.165, 1.54) is 0 Å². The minimum Gasteiger partial charge on any atom is -0.315 e. The zero-order chi connectivity index (χ0) is 13.7. The van der Waals surface area contributed by atoms with Crippen LogP contribution >= 0.6 is 11.6 Å². The van der Waals surface area contributed by atoms with Crippen molar-refractivity contribution in [3.05, 3.63) is 34.9 Å². The van der Waals surface area contributed by atoms with E-state index >= 15 is 0 Å². The molecule has 1 fully saturated rings. The lowest BCUT2D eigenvalue weighted by molar-refractivity contribution is -0.120. The van der Waals surface area contributed by atoms with Crippen LogP contribution < -0.4 is 10.6 Å². The van der Waals surface area contributed by atoms with Crippen molar-refractivity contribution in [2.24, 2.45) is 0 Å². The van der Waals surface area contributed by atoms with Crippen molar-refractivity contribution in [3.8, 4) is 0 Å². The van der Waals surface area contributed by atoms with Crippen molar-refractivity contribution < 1.29 is 4.79 Å². The third-order valence-electron chi connectivity index (χ3n) is 3.68. The van der Waals surface area contributed by atoms with Gasteiger partial charge in [-0.25, -0.2) is 0 Å². The number of halogens is 1. The maximum Gasteiger partial charge on any atom is 0.141 e. The summed E-state index contributed by atoms with van der Waals surface area (Å²) in [7, 11) is 0. The maximum absolute atomic E-state index is 12.1. The molecule has 3 nitrogen and oxygen atoms in total. The number of hydrogen-bond donors (Lipinski definition) is 2. The van der Waals surface area contributed by atoms with Crippen molar-refractivity contribution in [3.63, 3.8) is 0 Å². The number of rotatable bonds is 6. The number of hydrogen-bond acceptors (Lipinski definition) is 3. The molecule has 1 saturated heterocycles. The lowest BCUT2D eigenvalue weighted by Gasteiger charge is -2.19. The van der Waals surface area contributed by atoms with Gasteiger partial charge in [-0.15, -0.1) is 0 Å². The average molecular weight is 281 g/mol. The number of nitrogens with one attached hydrogen (secondary N) is 2. The minimum absolute atomic E-state index is 0.0668. The molecule has 0 aromatic heterocycles. The maximum atomic E-state index is 12.1. The van der Waals surface area contributed by atoms with Crippen LogP contribution in [0.5, 0.6) is 0 Å². The quantitative estimate of drug-likeness (QED) is 0.840. The molecule has 0 amide bonds. The molecule has 1 aliphatic heterocycles. The summed E-state index contributed by atoms with van der Waals surface area (Å²) in [4.78, 5) is 12.1. The molecule has 0 unspecified atom stereocenters. The fourth-order valence-corrected chi connectivity index (χ4v) is 2.60. The minimum atomic E-state index is -0.0668. The van der Waals surface area contributed by atoms with Crippen molar-refractivity contribution >= 4 is 17.4 Å². The molecular formula is C15H21ClN2O. The van der Waals surface area contributed by atoms with Gasteiger partial charge in [0.05, 0.1) is 5.92 Å².